The van der Waals surface area contributed by atoms with Crippen LogP contribution in [0.1, 0.15) is 5.56 Å². The maximum Gasteiger partial charge on any atom is 0.262 e. The minimum absolute atomic E-state index is 0.0659. The van der Waals surface area contributed by atoms with E-state index in [1.54, 1.807) is 30.3 Å². The number of benzene rings is 2. The van der Waals surface area contributed by atoms with Crippen molar-refractivity contribution in [3.63, 3.8) is 0 Å². The van der Waals surface area contributed by atoms with Crippen molar-refractivity contribution in [1.82, 2.24) is 10.9 Å². The van der Waals surface area contributed by atoms with Gasteiger partial charge in [0, 0.05) is 6.08 Å². The highest BCUT2D eigenvalue weighted by atomic mass is 32.1. The SMILES string of the molecule is O=C(/C=C/c1ccc2c(c1)OCCO2)NNC(=S)Nc1ccccc1F. The number of hydrazine groups is 1. The van der Waals surface area contributed by atoms with E-state index >= 15 is 0 Å². The number of hydrogen-bond donors (Lipinski definition) is 3. The number of para-hydroxylation sites is 1. The van der Waals surface area contributed by atoms with Crippen LogP contribution >= 0.6 is 12.2 Å². The average Bonchev–Trinajstić information content (AvgIpc) is 2.66. The molecule has 1 aliphatic rings. The van der Waals surface area contributed by atoms with E-state index in [9.17, 15) is 9.18 Å². The second-order valence-electron chi connectivity index (χ2n) is 5.28. The number of fused-ring (bicyclic) bond motifs is 1. The molecule has 2 aromatic carbocycles. The average molecular weight is 373 g/mol. The predicted octanol–water partition coefficient (Wildman–Crippen LogP) is 2.63. The van der Waals surface area contributed by atoms with Gasteiger partial charge < -0.3 is 14.8 Å². The Morgan fingerprint density at radius 3 is 2.65 bits per heavy atom. The molecule has 3 rings (SSSR count). The van der Waals surface area contributed by atoms with Crippen molar-refractivity contribution >= 4 is 35.0 Å². The number of amides is 1. The number of halogens is 1. The van der Waals surface area contributed by atoms with E-state index in [1.165, 1.54) is 18.2 Å². The smallest absolute Gasteiger partial charge is 0.262 e. The number of hydrogen-bond acceptors (Lipinski definition) is 4. The number of carbonyl (C=O) groups excluding carboxylic acids is 1. The lowest BCUT2D eigenvalue weighted by molar-refractivity contribution is -0.116. The van der Waals surface area contributed by atoms with Gasteiger partial charge in [0.15, 0.2) is 16.6 Å². The van der Waals surface area contributed by atoms with Crippen LogP contribution in [0.25, 0.3) is 6.08 Å². The van der Waals surface area contributed by atoms with Gasteiger partial charge in [0.25, 0.3) is 5.91 Å². The van der Waals surface area contributed by atoms with Crippen LogP contribution in [0.15, 0.2) is 48.5 Å². The van der Waals surface area contributed by atoms with Crippen LogP contribution in [0.4, 0.5) is 10.1 Å². The molecule has 6 nitrogen and oxygen atoms in total. The zero-order valence-electron chi connectivity index (χ0n) is 13.6. The summed E-state index contributed by atoms with van der Waals surface area (Å²) in [6, 6.07) is 11.5. The Hall–Kier alpha value is -3.13. The van der Waals surface area contributed by atoms with Gasteiger partial charge in [0.2, 0.25) is 0 Å². The van der Waals surface area contributed by atoms with Crippen molar-refractivity contribution in [2.45, 2.75) is 0 Å². The Bertz CT molecular complexity index is 857. The van der Waals surface area contributed by atoms with Crippen molar-refractivity contribution in [3.8, 4) is 11.5 Å². The summed E-state index contributed by atoms with van der Waals surface area (Å²) in [6.45, 7) is 1.02. The van der Waals surface area contributed by atoms with Crippen molar-refractivity contribution in [2.75, 3.05) is 18.5 Å². The summed E-state index contributed by atoms with van der Waals surface area (Å²) in [7, 11) is 0. The molecule has 3 N–H and O–H groups in total. The normalized spacial score (nSPS) is 12.5. The molecule has 0 aromatic heterocycles. The Kier molecular flexibility index (Phi) is 5.65. The third kappa shape index (κ3) is 4.70. The molecule has 0 atom stereocenters. The summed E-state index contributed by atoms with van der Waals surface area (Å²) in [5.74, 6) is 0.468. The van der Waals surface area contributed by atoms with Crippen LogP contribution < -0.4 is 25.6 Å². The Balaban J connectivity index is 1.50. The fourth-order valence-corrected chi connectivity index (χ4v) is 2.37. The highest BCUT2D eigenvalue weighted by Crippen LogP contribution is 2.31. The zero-order chi connectivity index (χ0) is 18.4. The van der Waals surface area contributed by atoms with Gasteiger partial charge in [0.1, 0.15) is 19.0 Å². The van der Waals surface area contributed by atoms with Gasteiger partial charge >= 0.3 is 0 Å². The maximum absolute atomic E-state index is 13.5. The Labute approximate surface area is 155 Å². The monoisotopic (exact) mass is 373 g/mol. The third-order valence-corrected chi connectivity index (χ3v) is 3.62. The molecule has 0 radical (unpaired) electrons. The number of carbonyl (C=O) groups is 1. The third-order valence-electron chi connectivity index (χ3n) is 3.41. The van der Waals surface area contributed by atoms with Crippen LogP contribution in [-0.2, 0) is 4.79 Å². The van der Waals surface area contributed by atoms with Gasteiger partial charge in [-0.15, -0.1) is 0 Å². The first-order valence-electron chi connectivity index (χ1n) is 7.81. The van der Waals surface area contributed by atoms with Gasteiger partial charge in [-0.2, -0.15) is 0 Å². The molecular formula is C18H16FN3O3S. The van der Waals surface area contributed by atoms with Crippen LogP contribution in [-0.4, -0.2) is 24.2 Å². The van der Waals surface area contributed by atoms with E-state index in [4.69, 9.17) is 21.7 Å². The van der Waals surface area contributed by atoms with Crippen molar-refractivity contribution in [1.29, 1.82) is 0 Å². The molecule has 134 valence electrons. The number of ether oxygens (including phenoxy) is 2. The van der Waals surface area contributed by atoms with E-state index in [2.05, 4.69) is 16.2 Å². The summed E-state index contributed by atoms with van der Waals surface area (Å²) in [6.07, 6.45) is 2.97. The summed E-state index contributed by atoms with van der Waals surface area (Å²) >= 11 is 5.00. The molecule has 26 heavy (non-hydrogen) atoms. The van der Waals surface area contributed by atoms with Crippen molar-refractivity contribution in [3.05, 3.63) is 59.9 Å². The van der Waals surface area contributed by atoms with Crippen LogP contribution in [0, 0.1) is 5.82 Å². The first-order chi connectivity index (χ1) is 12.6. The summed E-state index contributed by atoms with van der Waals surface area (Å²) in [5.41, 5.74) is 5.90. The highest BCUT2D eigenvalue weighted by molar-refractivity contribution is 7.80. The molecule has 1 heterocycles. The maximum atomic E-state index is 13.5. The standard InChI is InChI=1S/C18H16FN3O3S/c19-13-3-1-2-4-14(13)20-18(26)22-21-17(23)8-6-12-5-7-15-16(11-12)25-10-9-24-15/h1-8,11H,9-10H2,(H,21,23)(H2,20,22,26)/b8-6+. The zero-order valence-corrected chi connectivity index (χ0v) is 14.4. The molecule has 1 aliphatic heterocycles. The summed E-state index contributed by atoms with van der Waals surface area (Å²) < 4.78 is 24.4. The quantitative estimate of drug-likeness (QED) is 0.437. The molecular weight excluding hydrogens is 357 g/mol. The fourth-order valence-electron chi connectivity index (χ4n) is 2.21. The Morgan fingerprint density at radius 1 is 1.08 bits per heavy atom. The van der Waals surface area contributed by atoms with Crippen molar-refractivity contribution in [2.24, 2.45) is 0 Å². The van der Waals surface area contributed by atoms with Crippen LogP contribution in [0.5, 0.6) is 11.5 Å². The fraction of sp³-hybridized carbons (Fsp3) is 0.111. The van der Waals surface area contributed by atoms with Gasteiger partial charge in [-0.3, -0.25) is 15.6 Å². The number of rotatable bonds is 3. The lowest BCUT2D eigenvalue weighted by Crippen LogP contribution is -2.43. The van der Waals surface area contributed by atoms with Gasteiger partial charge in [-0.25, -0.2) is 4.39 Å². The first-order valence-corrected chi connectivity index (χ1v) is 8.22. The minimum atomic E-state index is -0.443. The largest absolute Gasteiger partial charge is 0.486 e. The molecule has 8 heteroatoms. The molecule has 0 unspecified atom stereocenters. The second kappa shape index (κ2) is 8.30. The second-order valence-corrected chi connectivity index (χ2v) is 5.69. The molecule has 0 saturated heterocycles. The van der Waals surface area contributed by atoms with E-state index in [0.717, 1.165) is 5.56 Å². The molecule has 0 saturated carbocycles. The topological polar surface area (TPSA) is 71.6 Å². The molecule has 2 aromatic rings. The highest BCUT2D eigenvalue weighted by Gasteiger charge is 2.10. The summed E-state index contributed by atoms with van der Waals surface area (Å²) in [5, 5.41) is 2.72. The Morgan fingerprint density at radius 2 is 1.85 bits per heavy atom. The molecule has 0 aliphatic carbocycles. The molecule has 1 amide bonds. The molecule has 0 bridgehead atoms. The van der Waals surface area contributed by atoms with Crippen LogP contribution in [0.3, 0.4) is 0 Å². The van der Waals surface area contributed by atoms with Gasteiger partial charge in [0.05, 0.1) is 5.69 Å². The number of thiocarbonyl (C=S) groups is 1. The van der Waals surface area contributed by atoms with Crippen molar-refractivity contribution < 1.29 is 18.7 Å². The van der Waals surface area contributed by atoms with E-state index in [1.807, 2.05) is 6.07 Å². The van der Waals surface area contributed by atoms with Gasteiger partial charge in [-0.1, -0.05) is 18.2 Å². The number of anilines is 1. The van der Waals surface area contributed by atoms with E-state index < -0.39 is 11.7 Å². The predicted molar refractivity (Wildman–Crippen MR) is 100 cm³/mol. The number of nitrogens with one attached hydrogen (secondary N) is 3. The minimum Gasteiger partial charge on any atom is -0.486 e. The lowest BCUT2D eigenvalue weighted by atomic mass is 10.2. The lowest BCUT2D eigenvalue weighted by Gasteiger charge is -2.18. The first kappa shape index (κ1) is 17.7. The van der Waals surface area contributed by atoms with E-state index in [0.29, 0.717) is 24.7 Å². The van der Waals surface area contributed by atoms with Crippen LogP contribution in [0.2, 0.25) is 0 Å². The van der Waals surface area contributed by atoms with Gasteiger partial charge in [-0.05, 0) is 48.1 Å². The van der Waals surface area contributed by atoms with E-state index in [-0.39, 0.29) is 10.8 Å². The molecule has 0 spiro atoms. The molecule has 0 fully saturated rings. The summed E-state index contributed by atoms with van der Waals surface area (Å²) in [4.78, 5) is 11.9.